The predicted octanol–water partition coefficient (Wildman–Crippen LogP) is 2.54. The molecular weight excluding hydrogens is 412 g/mol. The number of Topliss-reactive ketones (excluding diaryl/α,β-unsaturated/α-hetero) is 1. The molecule has 1 heterocycles. The summed E-state index contributed by atoms with van der Waals surface area (Å²) in [6.45, 7) is 2.58. The van der Waals surface area contributed by atoms with Crippen LogP contribution in [0.4, 0.5) is 5.69 Å². The number of carbonyl (C=O) groups is 2. The second-order valence-electron chi connectivity index (χ2n) is 9.32. The molecule has 31 heavy (non-hydrogen) atoms. The first-order chi connectivity index (χ1) is 15.0. The Bertz CT molecular complexity index is 1120. The Morgan fingerprint density at radius 2 is 1.84 bits per heavy atom. The molecule has 164 valence electrons. The molecule has 5 rings (SSSR count). The van der Waals surface area contributed by atoms with E-state index in [2.05, 4.69) is 10.6 Å². The first-order valence-corrected chi connectivity index (χ1v) is 12.3. The van der Waals surface area contributed by atoms with Crippen LogP contribution in [0.5, 0.6) is 0 Å². The van der Waals surface area contributed by atoms with Gasteiger partial charge >= 0.3 is 0 Å². The molecule has 2 aromatic rings. The number of amides is 1. The molecule has 3 aliphatic carbocycles. The Morgan fingerprint density at radius 1 is 1.06 bits per heavy atom. The monoisotopic (exact) mass is 440 g/mol. The number of fused-ring (bicyclic) bond motifs is 1. The second kappa shape index (κ2) is 8.01. The van der Waals surface area contributed by atoms with Gasteiger partial charge in [0.15, 0.2) is 0 Å². The zero-order valence-corrected chi connectivity index (χ0v) is 18.7. The summed E-state index contributed by atoms with van der Waals surface area (Å²) in [5.41, 5.74) is 1.96. The number of hydrogen-bond acceptors (Lipinski definition) is 6. The van der Waals surface area contributed by atoms with E-state index in [1.54, 1.807) is 11.3 Å². The Labute approximate surface area is 185 Å². The van der Waals surface area contributed by atoms with Gasteiger partial charge in [-0.25, -0.2) is 0 Å². The fourth-order valence-corrected chi connectivity index (χ4v) is 6.00. The van der Waals surface area contributed by atoms with Crippen LogP contribution in [0.25, 0.3) is 0 Å². The van der Waals surface area contributed by atoms with Crippen molar-refractivity contribution in [3.63, 3.8) is 0 Å². The molecule has 2 fully saturated rings. The minimum Gasteiger partial charge on any atom is -0.378 e. The van der Waals surface area contributed by atoms with Crippen molar-refractivity contribution in [2.75, 3.05) is 11.9 Å². The third kappa shape index (κ3) is 4.00. The van der Waals surface area contributed by atoms with Crippen molar-refractivity contribution in [1.29, 1.82) is 0 Å². The van der Waals surface area contributed by atoms with E-state index in [1.165, 1.54) is 17.7 Å². The van der Waals surface area contributed by atoms with Crippen molar-refractivity contribution < 1.29 is 9.59 Å². The molecule has 3 aliphatic rings. The maximum Gasteiger partial charge on any atom is 0.252 e. The van der Waals surface area contributed by atoms with Gasteiger partial charge in [-0.1, -0.05) is 6.92 Å². The van der Waals surface area contributed by atoms with Crippen molar-refractivity contribution in [1.82, 2.24) is 5.32 Å². The molecule has 0 aliphatic heterocycles. The molecule has 0 unspecified atom stereocenters. The summed E-state index contributed by atoms with van der Waals surface area (Å²) in [5, 5.41) is 6.39. The fraction of sp³-hybridized carbons (Fsp3) is 0.583. The largest absolute Gasteiger partial charge is 0.378 e. The second-order valence-corrected chi connectivity index (χ2v) is 10.5. The summed E-state index contributed by atoms with van der Waals surface area (Å²) in [4.78, 5) is 51.5. The highest BCUT2D eigenvalue weighted by atomic mass is 32.1. The lowest BCUT2D eigenvalue weighted by atomic mass is 9.89. The predicted molar refractivity (Wildman–Crippen MR) is 121 cm³/mol. The van der Waals surface area contributed by atoms with Crippen molar-refractivity contribution in [3.05, 3.63) is 46.9 Å². The number of hydrogen-bond donors (Lipinski definition) is 2. The quantitative estimate of drug-likeness (QED) is 0.585. The highest BCUT2D eigenvalue weighted by Gasteiger charge is 2.35. The number of aryl methyl sites for hydroxylation is 1. The Balaban J connectivity index is 1.39. The average Bonchev–Trinajstić information content (AvgIpc) is 3.68. The summed E-state index contributed by atoms with van der Waals surface area (Å²) in [7, 11) is 0. The van der Waals surface area contributed by atoms with E-state index in [0.29, 0.717) is 48.5 Å². The molecular formula is C24H28N2O4S. The van der Waals surface area contributed by atoms with Crippen LogP contribution >= 0.6 is 11.3 Å². The first kappa shape index (κ1) is 20.6. The number of carbonyl (C=O) groups excluding carboxylic acids is 2. The van der Waals surface area contributed by atoms with Gasteiger partial charge in [-0.3, -0.25) is 19.2 Å². The summed E-state index contributed by atoms with van der Waals surface area (Å²) in [6, 6.07) is 0.0117. The van der Waals surface area contributed by atoms with Crippen LogP contribution in [-0.2, 0) is 30.5 Å². The minimum absolute atomic E-state index is 0.0117. The van der Waals surface area contributed by atoms with Gasteiger partial charge in [-0.05, 0) is 62.8 Å². The van der Waals surface area contributed by atoms with E-state index < -0.39 is 5.43 Å². The molecule has 1 atom stereocenters. The third-order valence-electron chi connectivity index (χ3n) is 6.89. The van der Waals surface area contributed by atoms with E-state index in [1.807, 2.05) is 6.92 Å². The standard InChI is InChI=1S/C24H28N2O4S/c1-2-15-21(23(29)22(15)28)26-14-7-8-18-16(9-14)20(24(30)25-11-12-3-4-12)19(31-18)10-17(27)13-5-6-13/h12-14,26H,2-11H2,1H3,(H,25,30)/t14-/m0/s1. The van der Waals surface area contributed by atoms with Gasteiger partial charge in [0.2, 0.25) is 10.9 Å². The number of anilines is 1. The summed E-state index contributed by atoms with van der Waals surface area (Å²) in [6.07, 6.45) is 7.48. The lowest BCUT2D eigenvalue weighted by Gasteiger charge is -2.26. The molecule has 0 saturated heterocycles. The van der Waals surface area contributed by atoms with E-state index in [9.17, 15) is 19.2 Å². The van der Waals surface area contributed by atoms with Crippen molar-refractivity contribution in [2.24, 2.45) is 11.8 Å². The lowest BCUT2D eigenvalue weighted by Crippen LogP contribution is -2.41. The zero-order chi connectivity index (χ0) is 21.7. The molecule has 7 heteroatoms. The smallest absolute Gasteiger partial charge is 0.252 e. The summed E-state index contributed by atoms with van der Waals surface area (Å²) in [5.74, 6) is 0.955. The average molecular weight is 441 g/mol. The van der Waals surface area contributed by atoms with Gasteiger partial charge in [0.1, 0.15) is 5.78 Å². The van der Waals surface area contributed by atoms with Gasteiger partial charge in [0, 0.05) is 40.2 Å². The van der Waals surface area contributed by atoms with Crippen LogP contribution in [0.1, 0.15) is 70.3 Å². The highest BCUT2D eigenvalue weighted by molar-refractivity contribution is 7.12. The lowest BCUT2D eigenvalue weighted by molar-refractivity contribution is -0.119. The van der Waals surface area contributed by atoms with Crippen LogP contribution < -0.4 is 21.5 Å². The number of thiophene rings is 1. The van der Waals surface area contributed by atoms with Crippen LogP contribution in [-0.4, -0.2) is 24.3 Å². The van der Waals surface area contributed by atoms with Crippen molar-refractivity contribution in [2.45, 2.75) is 70.8 Å². The van der Waals surface area contributed by atoms with Crippen molar-refractivity contribution in [3.8, 4) is 0 Å². The van der Waals surface area contributed by atoms with E-state index in [4.69, 9.17) is 0 Å². The molecule has 2 N–H and O–H groups in total. The molecule has 0 spiro atoms. The highest BCUT2D eigenvalue weighted by Crippen LogP contribution is 2.38. The zero-order valence-electron chi connectivity index (χ0n) is 17.8. The normalized spacial score (nSPS) is 20.5. The summed E-state index contributed by atoms with van der Waals surface area (Å²) >= 11 is 1.62. The molecule has 1 aromatic carbocycles. The maximum absolute atomic E-state index is 13.1. The molecule has 0 radical (unpaired) electrons. The van der Waals surface area contributed by atoms with Gasteiger partial charge in [0.25, 0.3) is 5.91 Å². The van der Waals surface area contributed by atoms with E-state index >= 15 is 0 Å². The fourth-order valence-electron chi connectivity index (χ4n) is 4.64. The third-order valence-corrected chi connectivity index (χ3v) is 8.18. The molecule has 0 bridgehead atoms. The van der Waals surface area contributed by atoms with E-state index in [-0.39, 0.29) is 29.1 Å². The Morgan fingerprint density at radius 3 is 2.52 bits per heavy atom. The first-order valence-electron chi connectivity index (χ1n) is 11.5. The molecule has 6 nitrogen and oxygen atoms in total. The SMILES string of the molecule is CCc1c(N[C@H]2CCc3sc(CC(=O)C4CC4)c(C(=O)NCC4CC4)c3C2)c(=O)c1=O. The number of rotatable bonds is 9. The Hall–Kier alpha value is -2.28. The van der Waals surface area contributed by atoms with Gasteiger partial charge in [-0.2, -0.15) is 0 Å². The molecule has 2 saturated carbocycles. The Kier molecular flexibility index (Phi) is 5.32. The van der Waals surface area contributed by atoms with Crippen LogP contribution in [0.3, 0.4) is 0 Å². The van der Waals surface area contributed by atoms with Crippen LogP contribution in [0.2, 0.25) is 0 Å². The molecule has 1 amide bonds. The van der Waals surface area contributed by atoms with Gasteiger partial charge in [0.05, 0.1) is 11.3 Å². The van der Waals surface area contributed by atoms with E-state index in [0.717, 1.165) is 36.1 Å². The molecule has 1 aromatic heterocycles. The topological polar surface area (TPSA) is 92.3 Å². The number of ketones is 1. The van der Waals surface area contributed by atoms with Crippen LogP contribution in [0.15, 0.2) is 9.59 Å². The van der Waals surface area contributed by atoms with Gasteiger partial charge < -0.3 is 10.6 Å². The summed E-state index contributed by atoms with van der Waals surface area (Å²) < 4.78 is 0. The van der Waals surface area contributed by atoms with Crippen molar-refractivity contribution >= 4 is 28.7 Å². The maximum atomic E-state index is 13.1. The minimum atomic E-state index is -0.425. The van der Waals surface area contributed by atoms with Crippen LogP contribution in [0, 0.1) is 11.8 Å². The number of nitrogens with one attached hydrogen (secondary N) is 2. The van der Waals surface area contributed by atoms with Gasteiger partial charge in [-0.15, -0.1) is 11.3 Å².